The van der Waals surface area contributed by atoms with Crippen molar-refractivity contribution in [3.05, 3.63) is 60.2 Å². The van der Waals surface area contributed by atoms with E-state index in [0.717, 1.165) is 16.7 Å². The van der Waals surface area contributed by atoms with Gasteiger partial charge < -0.3 is 20.0 Å². The molecular weight excluding hydrogens is 398 g/mol. The lowest BCUT2D eigenvalue weighted by molar-refractivity contribution is -0.305. The Morgan fingerprint density at radius 3 is 2.16 bits per heavy atom. The Labute approximate surface area is 184 Å². The molecule has 6 nitrogen and oxygen atoms in total. The van der Waals surface area contributed by atoms with Crippen molar-refractivity contribution >= 4 is 17.8 Å². The first kappa shape index (κ1) is 25.9. The molecule has 0 aliphatic rings. The van der Waals surface area contributed by atoms with Crippen molar-refractivity contribution in [1.29, 1.82) is 0 Å². The topological polar surface area (TPSA) is 95.5 Å². The van der Waals surface area contributed by atoms with Crippen LogP contribution in [-0.4, -0.2) is 30.5 Å². The average molecular weight is 431 g/mol. The minimum Gasteiger partial charge on any atom is -0.550 e. The maximum atomic E-state index is 12.1. The van der Waals surface area contributed by atoms with E-state index in [-0.39, 0.29) is 44.1 Å². The summed E-state index contributed by atoms with van der Waals surface area (Å²) in [6, 6.07) is 17.7. The number of nitrogens with one attached hydrogen (secondary N) is 1. The number of benzene rings is 2. The normalized spacial score (nSPS) is 12.2. The van der Waals surface area contributed by atoms with Gasteiger partial charge in [-0.1, -0.05) is 68.9 Å². The molecule has 0 radical (unpaired) electrons. The molecular formula is C25H32NO5-. The van der Waals surface area contributed by atoms with E-state index in [9.17, 15) is 19.5 Å². The second kappa shape index (κ2) is 13.2. The molecule has 0 saturated carbocycles. The molecule has 168 valence electrons. The maximum absolute atomic E-state index is 12.1. The first-order chi connectivity index (χ1) is 14.4. The minimum atomic E-state index is -1.27. The van der Waals surface area contributed by atoms with E-state index < -0.39 is 5.97 Å². The average Bonchev–Trinajstić information content (AvgIpc) is 2.73. The lowest BCUT2D eigenvalue weighted by atomic mass is 9.95. The molecule has 1 N–H and O–H groups in total. The Morgan fingerprint density at radius 2 is 1.58 bits per heavy atom. The Kier molecular flexibility index (Phi) is 11.0. The van der Waals surface area contributed by atoms with Crippen LogP contribution in [0.2, 0.25) is 0 Å². The zero-order chi connectivity index (χ0) is 21.9. The third-order valence-corrected chi connectivity index (χ3v) is 4.79. The molecule has 0 heterocycles. The monoisotopic (exact) mass is 430 g/mol. The van der Waals surface area contributed by atoms with Gasteiger partial charge in [-0.15, -0.1) is 0 Å². The van der Waals surface area contributed by atoms with Gasteiger partial charge in [-0.2, -0.15) is 0 Å². The number of carboxylic acids is 1. The highest BCUT2D eigenvalue weighted by molar-refractivity contribution is 5.80. The van der Waals surface area contributed by atoms with Crippen LogP contribution in [0, 0.1) is 5.92 Å². The van der Waals surface area contributed by atoms with Crippen molar-refractivity contribution in [2.24, 2.45) is 5.92 Å². The minimum absolute atomic E-state index is 0. The standard InChI is InChI=1S/C24H29NO5.CH4/c1-3-30-24(29)17(2)15-21(25-22(26)13-14-23(27)28)16-18-9-11-20(12-10-18)19-7-5-4-6-8-19;/h4-12,17,21H,3,13-16H2,1-2H3,(H,25,26)(H,27,28);1H4/p-1/t17-,21+;/m1./s1/i13+1,14+1,22+1,23+1;. The quantitative estimate of drug-likeness (QED) is 0.436. The molecule has 0 fully saturated rings. The summed E-state index contributed by atoms with van der Waals surface area (Å²) in [4.78, 5) is 34.8. The second-order valence-corrected chi connectivity index (χ2v) is 7.29. The Bertz CT molecular complexity index is 833. The summed E-state index contributed by atoms with van der Waals surface area (Å²) in [6.07, 6.45) is 0.434. The van der Waals surface area contributed by atoms with E-state index in [1.807, 2.05) is 54.6 Å². The third kappa shape index (κ3) is 9.03. The molecule has 0 spiro atoms. The molecule has 2 aromatic rings. The van der Waals surface area contributed by atoms with Gasteiger partial charge in [0, 0.05) is 18.4 Å². The number of aliphatic carboxylic acids is 1. The van der Waals surface area contributed by atoms with Crippen molar-refractivity contribution in [3.8, 4) is 11.1 Å². The number of carboxylic acid groups (broad SMARTS) is 1. The van der Waals surface area contributed by atoms with Crippen molar-refractivity contribution in [1.82, 2.24) is 5.32 Å². The van der Waals surface area contributed by atoms with Gasteiger partial charge in [0.1, 0.15) is 0 Å². The molecule has 0 bridgehead atoms. The molecule has 31 heavy (non-hydrogen) atoms. The van der Waals surface area contributed by atoms with Gasteiger partial charge >= 0.3 is 5.97 Å². The molecule has 2 rings (SSSR count). The number of carbonyl (C=O) groups is 3. The summed E-state index contributed by atoms with van der Waals surface area (Å²) in [6.45, 7) is 3.81. The summed E-state index contributed by atoms with van der Waals surface area (Å²) in [5, 5.41) is 13.5. The lowest BCUT2D eigenvalue weighted by Gasteiger charge is -2.22. The van der Waals surface area contributed by atoms with Crippen LogP contribution in [0.15, 0.2) is 54.6 Å². The van der Waals surface area contributed by atoms with Crippen LogP contribution < -0.4 is 10.4 Å². The van der Waals surface area contributed by atoms with Gasteiger partial charge in [-0.25, -0.2) is 0 Å². The lowest BCUT2D eigenvalue weighted by Crippen LogP contribution is -2.39. The molecule has 2 aromatic carbocycles. The second-order valence-electron chi connectivity index (χ2n) is 7.29. The fourth-order valence-electron chi connectivity index (χ4n) is 3.26. The fourth-order valence-corrected chi connectivity index (χ4v) is 3.26. The summed E-state index contributed by atoms with van der Waals surface area (Å²) in [5.41, 5.74) is 3.22. The highest BCUT2D eigenvalue weighted by Gasteiger charge is 2.22. The van der Waals surface area contributed by atoms with E-state index in [0.29, 0.717) is 19.4 Å². The first-order valence-corrected chi connectivity index (χ1v) is 10.2. The molecule has 0 aliphatic carbocycles. The molecule has 1 amide bonds. The number of amides is 1. The third-order valence-electron chi connectivity index (χ3n) is 4.79. The van der Waals surface area contributed by atoms with Crippen LogP contribution in [0.4, 0.5) is 0 Å². The van der Waals surface area contributed by atoms with Crippen LogP contribution in [0.5, 0.6) is 0 Å². The molecule has 0 saturated heterocycles. The van der Waals surface area contributed by atoms with Gasteiger partial charge in [0.05, 0.1) is 12.5 Å². The number of hydrogen-bond acceptors (Lipinski definition) is 5. The summed E-state index contributed by atoms with van der Waals surface area (Å²) >= 11 is 0. The Hall–Kier alpha value is -3.15. The van der Waals surface area contributed by atoms with Gasteiger partial charge in [0.2, 0.25) is 5.91 Å². The van der Waals surface area contributed by atoms with Crippen molar-refractivity contribution in [3.63, 3.8) is 0 Å². The molecule has 0 unspecified atom stereocenters. The predicted octanol–water partition coefficient (Wildman–Crippen LogP) is 3.14. The van der Waals surface area contributed by atoms with Gasteiger partial charge in [0.15, 0.2) is 0 Å². The van der Waals surface area contributed by atoms with Crippen LogP contribution in [0.3, 0.4) is 0 Å². The molecule has 6 heteroatoms. The fraction of sp³-hybridized carbons (Fsp3) is 0.400. The SMILES string of the molecule is C.CCOC(=O)[C@H](C)C[C@@H](Cc1ccc(-c2ccccc2)cc1)N[13C](=O)[13CH2][13CH2][13C](=O)[O-]. The van der Waals surface area contributed by atoms with Crippen molar-refractivity contribution in [2.45, 2.75) is 53.0 Å². The van der Waals surface area contributed by atoms with Gasteiger partial charge in [-0.3, -0.25) is 9.59 Å². The zero-order valence-electron chi connectivity index (χ0n) is 17.4. The van der Waals surface area contributed by atoms with Crippen LogP contribution >= 0.6 is 0 Å². The Morgan fingerprint density at radius 1 is 0.968 bits per heavy atom. The number of rotatable bonds is 11. The van der Waals surface area contributed by atoms with Crippen LogP contribution in [0.25, 0.3) is 11.1 Å². The van der Waals surface area contributed by atoms with Crippen molar-refractivity contribution < 1.29 is 24.2 Å². The molecule has 0 aliphatic heterocycles. The van der Waals surface area contributed by atoms with E-state index in [4.69, 9.17) is 4.74 Å². The summed E-state index contributed by atoms with van der Waals surface area (Å²) < 4.78 is 5.07. The van der Waals surface area contributed by atoms with E-state index >= 15 is 0 Å². The highest BCUT2D eigenvalue weighted by Crippen LogP contribution is 2.21. The largest absolute Gasteiger partial charge is 0.550 e. The van der Waals surface area contributed by atoms with E-state index in [2.05, 4.69) is 5.32 Å². The van der Waals surface area contributed by atoms with Crippen LogP contribution in [0.1, 0.15) is 46.1 Å². The highest BCUT2D eigenvalue weighted by atomic mass is 16.5. The van der Waals surface area contributed by atoms with E-state index in [1.165, 1.54) is 0 Å². The van der Waals surface area contributed by atoms with Crippen molar-refractivity contribution in [2.75, 3.05) is 6.61 Å². The summed E-state index contributed by atoms with van der Waals surface area (Å²) in [7, 11) is 0. The smallest absolute Gasteiger partial charge is 0.308 e. The molecule has 2 atom stereocenters. The Balaban J connectivity index is 0.00000480. The number of hydrogen-bond donors (Lipinski definition) is 1. The number of esters is 1. The maximum Gasteiger partial charge on any atom is 0.308 e. The van der Waals surface area contributed by atoms with Crippen LogP contribution in [-0.2, 0) is 25.5 Å². The van der Waals surface area contributed by atoms with E-state index in [1.54, 1.807) is 13.8 Å². The molecule has 0 aromatic heterocycles. The van der Waals surface area contributed by atoms with Gasteiger partial charge in [0.25, 0.3) is 0 Å². The van der Waals surface area contributed by atoms with Gasteiger partial charge in [-0.05, 0) is 42.9 Å². The number of ether oxygens (including phenoxy) is 1. The summed E-state index contributed by atoms with van der Waals surface area (Å²) in [5.74, 6) is -2.34. The number of carbonyl (C=O) groups excluding carboxylic acids is 3. The first-order valence-electron chi connectivity index (χ1n) is 10.2. The zero-order valence-corrected chi connectivity index (χ0v) is 17.4. The predicted molar refractivity (Wildman–Crippen MR) is 119 cm³/mol.